The van der Waals surface area contributed by atoms with Crippen molar-refractivity contribution < 1.29 is 32.0 Å². The van der Waals surface area contributed by atoms with Gasteiger partial charge in [0.05, 0.1) is 23.3 Å². The number of esters is 1. The van der Waals surface area contributed by atoms with Crippen LogP contribution in [0.1, 0.15) is 27.3 Å². The Morgan fingerprint density at radius 1 is 1.14 bits per heavy atom. The third-order valence-corrected chi connectivity index (χ3v) is 5.82. The van der Waals surface area contributed by atoms with E-state index in [0.29, 0.717) is 12.1 Å². The number of amides is 2. The maximum Gasteiger partial charge on any atom is 0.338 e. The van der Waals surface area contributed by atoms with Crippen LogP contribution in [0.3, 0.4) is 0 Å². The number of hydrogen-bond donors (Lipinski definition) is 2. The van der Waals surface area contributed by atoms with Crippen LogP contribution in [-0.2, 0) is 19.4 Å². The molecule has 1 saturated heterocycles. The van der Waals surface area contributed by atoms with Gasteiger partial charge in [-0.3, -0.25) is 9.59 Å². The summed E-state index contributed by atoms with van der Waals surface area (Å²) in [5.74, 6) is -1.59. The molecule has 1 fully saturated rings. The van der Waals surface area contributed by atoms with Crippen molar-refractivity contribution in [1.82, 2.24) is 5.32 Å². The third kappa shape index (κ3) is 5.19. The van der Waals surface area contributed by atoms with Gasteiger partial charge in [-0.2, -0.15) is 0 Å². The number of anilines is 1. The molecule has 10 heteroatoms. The summed E-state index contributed by atoms with van der Waals surface area (Å²) in [6.07, 6.45) is 1.74. The molecule has 1 aliphatic rings. The van der Waals surface area contributed by atoms with Gasteiger partial charge >= 0.3 is 5.97 Å². The number of sulfone groups is 1. The maximum atomic E-state index is 12.0. The monoisotopic (exact) mass is 406 g/mol. The summed E-state index contributed by atoms with van der Waals surface area (Å²) in [5, 5.41) is 5.14. The van der Waals surface area contributed by atoms with E-state index in [1.54, 1.807) is 6.07 Å². The molecule has 2 N–H and O–H groups in total. The minimum Gasteiger partial charge on any atom is -0.459 e. The maximum absolute atomic E-state index is 12.0. The number of rotatable bonds is 6. The van der Waals surface area contributed by atoms with Gasteiger partial charge in [0.2, 0.25) is 0 Å². The fraction of sp³-hybridized carbons (Fsp3) is 0.278. The molecule has 2 amide bonds. The Hall–Kier alpha value is -3.14. The molecule has 0 spiro atoms. The first kappa shape index (κ1) is 19.6. The fourth-order valence-corrected chi connectivity index (χ4v) is 4.36. The molecule has 0 saturated carbocycles. The SMILES string of the molecule is O=C(COC(=O)c1ccc(NC(=O)c2ccco2)cc1)N[C@H]1CCS(=O)(=O)C1. The first-order valence-corrected chi connectivity index (χ1v) is 10.3. The molecule has 1 aromatic carbocycles. The highest BCUT2D eigenvalue weighted by Gasteiger charge is 2.29. The lowest BCUT2D eigenvalue weighted by atomic mass is 10.2. The number of hydrogen-bond acceptors (Lipinski definition) is 7. The van der Waals surface area contributed by atoms with Gasteiger partial charge in [-0.25, -0.2) is 13.2 Å². The lowest BCUT2D eigenvalue weighted by molar-refractivity contribution is -0.124. The van der Waals surface area contributed by atoms with Crippen molar-refractivity contribution in [3.8, 4) is 0 Å². The number of furan rings is 1. The molecule has 0 aliphatic carbocycles. The van der Waals surface area contributed by atoms with Crippen LogP contribution in [-0.4, -0.2) is 50.4 Å². The van der Waals surface area contributed by atoms with Crippen LogP contribution in [0, 0.1) is 0 Å². The molecule has 1 aromatic heterocycles. The standard InChI is InChI=1S/C18H18N2O7S/c21-16(19-14-7-9-28(24,25)11-14)10-27-18(23)12-3-5-13(6-4-12)20-17(22)15-2-1-8-26-15/h1-6,8,14H,7,9-11H2,(H,19,21)(H,20,22)/t14-/m0/s1. The molecule has 0 unspecified atom stereocenters. The van der Waals surface area contributed by atoms with Gasteiger partial charge in [0, 0.05) is 11.7 Å². The van der Waals surface area contributed by atoms with E-state index >= 15 is 0 Å². The van der Waals surface area contributed by atoms with Crippen molar-refractivity contribution in [2.24, 2.45) is 0 Å². The van der Waals surface area contributed by atoms with E-state index in [-0.39, 0.29) is 22.8 Å². The van der Waals surface area contributed by atoms with Crippen molar-refractivity contribution >= 4 is 33.3 Å². The predicted octanol–water partition coefficient (Wildman–Crippen LogP) is 0.992. The lowest BCUT2D eigenvalue weighted by Crippen LogP contribution is -2.38. The molecule has 1 atom stereocenters. The van der Waals surface area contributed by atoms with Crippen LogP contribution in [0.15, 0.2) is 47.1 Å². The number of carbonyl (C=O) groups excluding carboxylic acids is 3. The van der Waals surface area contributed by atoms with Crippen LogP contribution < -0.4 is 10.6 Å². The van der Waals surface area contributed by atoms with E-state index in [2.05, 4.69) is 10.6 Å². The van der Waals surface area contributed by atoms with Crippen LogP contribution in [0.5, 0.6) is 0 Å². The summed E-state index contributed by atoms with van der Waals surface area (Å²) < 4.78 is 32.6. The van der Waals surface area contributed by atoms with Crippen molar-refractivity contribution in [3.63, 3.8) is 0 Å². The van der Waals surface area contributed by atoms with Gasteiger partial charge in [-0.05, 0) is 42.8 Å². The summed E-state index contributed by atoms with van der Waals surface area (Å²) in [6, 6.07) is 8.58. The van der Waals surface area contributed by atoms with E-state index in [0.717, 1.165) is 0 Å². The Morgan fingerprint density at radius 2 is 1.89 bits per heavy atom. The normalized spacial score (nSPS) is 17.6. The van der Waals surface area contributed by atoms with Crippen molar-refractivity contribution in [1.29, 1.82) is 0 Å². The van der Waals surface area contributed by atoms with Gasteiger partial charge in [0.1, 0.15) is 0 Å². The van der Waals surface area contributed by atoms with Gasteiger partial charge in [-0.1, -0.05) is 0 Å². The van der Waals surface area contributed by atoms with Crippen molar-refractivity contribution in [3.05, 3.63) is 54.0 Å². The van der Waals surface area contributed by atoms with Gasteiger partial charge in [0.15, 0.2) is 22.2 Å². The Balaban J connectivity index is 1.46. The second-order valence-corrected chi connectivity index (χ2v) is 8.48. The highest BCUT2D eigenvalue weighted by Crippen LogP contribution is 2.13. The van der Waals surface area contributed by atoms with Gasteiger partial charge in [-0.15, -0.1) is 0 Å². The molecule has 28 heavy (non-hydrogen) atoms. The first-order valence-electron chi connectivity index (χ1n) is 8.44. The van der Waals surface area contributed by atoms with E-state index in [9.17, 15) is 22.8 Å². The topological polar surface area (TPSA) is 132 Å². The van der Waals surface area contributed by atoms with Crippen molar-refractivity contribution in [2.45, 2.75) is 12.5 Å². The van der Waals surface area contributed by atoms with E-state index in [4.69, 9.17) is 9.15 Å². The molecular weight excluding hydrogens is 388 g/mol. The average molecular weight is 406 g/mol. The Kier molecular flexibility index (Phi) is 5.78. The fourth-order valence-electron chi connectivity index (χ4n) is 2.68. The van der Waals surface area contributed by atoms with E-state index in [1.807, 2.05) is 0 Å². The summed E-state index contributed by atoms with van der Waals surface area (Å²) in [7, 11) is -3.10. The number of ether oxygens (including phenoxy) is 1. The quantitative estimate of drug-likeness (QED) is 0.684. The molecular formula is C18H18N2O7S. The molecule has 2 heterocycles. The Labute approximate surface area is 161 Å². The average Bonchev–Trinajstić information content (AvgIpc) is 3.30. The molecule has 9 nitrogen and oxygen atoms in total. The molecule has 3 rings (SSSR count). The molecule has 0 radical (unpaired) electrons. The zero-order valence-electron chi connectivity index (χ0n) is 14.7. The van der Waals surface area contributed by atoms with E-state index < -0.39 is 40.3 Å². The molecule has 1 aliphatic heterocycles. The lowest BCUT2D eigenvalue weighted by Gasteiger charge is -2.11. The highest BCUT2D eigenvalue weighted by atomic mass is 32.2. The predicted molar refractivity (Wildman–Crippen MR) is 98.6 cm³/mol. The molecule has 148 valence electrons. The second kappa shape index (κ2) is 8.26. The first-order chi connectivity index (χ1) is 13.3. The third-order valence-electron chi connectivity index (χ3n) is 4.06. The van der Waals surface area contributed by atoms with Crippen LogP contribution in [0.2, 0.25) is 0 Å². The summed E-state index contributed by atoms with van der Waals surface area (Å²) in [4.78, 5) is 35.7. The number of nitrogens with one attached hydrogen (secondary N) is 2. The number of benzene rings is 1. The zero-order valence-corrected chi connectivity index (χ0v) is 15.5. The second-order valence-electron chi connectivity index (χ2n) is 6.25. The summed E-state index contributed by atoms with van der Waals surface area (Å²) in [5.41, 5.74) is 0.658. The smallest absolute Gasteiger partial charge is 0.338 e. The molecule has 0 bridgehead atoms. The van der Waals surface area contributed by atoms with Gasteiger partial charge < -0.3 is 19.8 Å². The van der Waals surface area contributed by atoms with E-state index in [1.165, 1.54) is 36.6 Å². The van der Waals surface area contributed by atoms with Crippen LogP contribution >= 0.6 is 0 Å². The highest BCUT2D eigenvalue weighted by molar-refractivity contribution is 7.91. The number of carbonyl (C=O) groups is 3. The van der Waals surface area contributed by atoms with Crippen LogP contribution in [0.4, 0.5) is 5.69 Å². The molecule has 2 aromatic rings. The Bertz CT molecular complexity index is 966. The summed E-state index contributed by atoms with van der Waals surface area (Å²) in [6.45, 7) is -0.508. The summed E-state index contributed by atoms with van der Waals surface area (Å²) >= 11 is 0. The largest absolute Gasteiger partial charge is 0.459 e. The minimum atomic E-state index is -3.10. The van der Waals surface area contributed by atoms with Crippen molar-refractivity contribution in [2.75, 3.05) is 23.4 Å². The minimum absolute atomic E-state index is 0.0422. The van der Waals surface area contributed by atoms with Crippen LogP contribution in [0.25, 0.3) is 0 Å². The zero-order chi connectivity index (χ0) is 20.1. The van der Waals surface area contributed by atoms with Gasteiger partial charge in [0.25, 0.3) is 11.8 Å². The Morgan fingerprint density at radius 3 is 2.50 bits per heavy atom.